The van der Waals surface area contributed by atoms with E-state index < -0.39 is 16.1 Å². The van der Waals surface area contributed by atoms with Crippen molar-refractivity contribution in [2.75, 3.05) is 18.6 Å². The second-order valence-corrected chi connectivity index (χ2v) is 12.2. The van der Waals surface area contributed by atoms with Gasteiger partial charge in [-0.1, -0.05) is 29.9 Å². The molecule has 11 heteroatoms. The lowest BCUT2D eigenvalue weighted by molar-refractivity contribution is -0.123. The molecule has 4 heterocycles. The van der Waals surface area contributed by atoms with E-state index in [1.165, 1.54) is 27.0 Å². The highest BCUT2D eigenvalue weighted by Gasteiger charge is 2.40. The number of rotatable bonds is 7. The number of thiazole rings is 1. The molecule has 0 radical (unpaired) electrons. The van der Waals surface area contributed by atoms with Gasteiger partial charge in [-0.25, -0.2) is 13.4 Å². The molecule has 8 nitrogen and oxygen atoms in total. The second-order valence-electron chi connectivity index (χ2n) is 8.18. The number of hydrogen-bond acceptors (Lipinski definition) is 8. The smallest absolute Gasteiger partial charge is 0.253 e. The third kappa shape index (κ3) is 4.81. The van der Waals surface area contributed by atoms with Crippen LogP contribution in [0.15, 0.2) is 64.4 Å². The van der Waals surface area contributed by atoms with Gasteiger partial charge >= 0.3 is 0 Å². The molecule has 0 aliphatic carbocycles. The predicted molar refractivity (Wildman–Crippen MR) is 137 cm³/mol. The zero-order valence-corrected chi connectivity index (χ0v) is 21.5. The quantitative estimate of drug-likeness (QED) is 0.350. The van der Waals surface area contributed by atoms with Crippen molar-refractivity contribution < 1.29 is 17.9 Å². The number of carbonyl (C=O) groups is 1. The van der Waals surface area contributed by atoms with Gasteiger partial charge in [0.25, 0.3) is 10.0 Å². The molecule has 3 aromatic heterocycles. The maximum absolute atomic E-state index is 14.1. The van der Waals surface area contributed by atoms with Gasteiger partial charge in [-0.3, -0.25) is 14.7 Å². The zero-order chi connectivity index (χ0) is 24.4. The predicted octanol–water partition coefficient (Wildman–Crippen LogP) is 4.54. The molecule has 0 spiro atoms. The van der Waals surface area contributed by atoms with Crippen LogP contribution in [0.1, 0.15) is 24.8 Å². The van der Waals surface area contributed by atoms with Crippen LogP contribution in [-0.2, 0) is 21.4 Å². The molecule has 0 bridgehead atoms. The first-order valence-electron chi connectivity index (χ1n) is 11.2. The number of hydrogen-bond donors (Lipinski definition) is 0. The lowest BCUT2D eigenvalue weighted by Crippen LogP contribution is -2.52. The number of fused-ring (bicyclic) bond motifs is 1. The molecule has 5 rings (SSSR count). The van der Waals surface area contributed by atoms with Gasteiger partial charge in [-0.2, -0.15) is 4.31 Å². The highest BCUT2D eigenvalue weighted by Crippen LogP contribution is 2.35. The van der Waals surface area contributed by atoms with Crippen LogP contribution in [0.5, 0.6) is 5.75 Å². The summed E-state index contributed by atoms with van der Waals surface area (Å²) >= 11 is 2.55. The SMILES string of the molecule is COc1ccc2nc(N(Cc3cccnc3)C(=O)C3CCCCN3S(=O)(=O)c3cccs3)sc2c1. The number of carbonyl (C=O) groups excluding carboxylic acids is 1. The monoisotopic (exact) mass is 528 g/mol. The summed E-state index contributed by atoms with van der Waals surface area (Å²) in [6.07, 6.45) is 5.35. The molecule has 0 saturated carbocycles. The van der Waals surface area contributed by atoms with E-state index in [0.717, 1.165) is 28.6 Å². The highest BCUT2D eigenvalue weighted by molar-refractivity contribution is 7.91. The Morgan fingerprint density at radius 3 is 2.86 bits per heavy atom. The number of methoxy groups -OCH3 is 1. The van der Waals surface area contributed by atoms with E-state index in [1.54, 1.807) is 41.9 Å². The fraction of sp³-hybridized carbons (Fsp3) is 0.292. The number of thiophene rings is 1. The third-order valence-electron chi connectivity index (χ3n) is 5.94. The highest BCUT2D eigenvalue weighted by atomic mass is 32.2. The summed E-state index contributed by atoms with van der Waals surface area (Å²) in [7, 11) is -2.17. The average molecular weight is 529 g/mol. The van der Waals surface area contributed by atoms with E-state index in [2.05, 4.69) is 4.98 Å². The molecule has 1 fully saturated rings. The summed E-state index contributed by atoms with van der Waals surface area (Å²) in [5, 5.41) is 2.25. The molecule has 1 atom stereocenters. The summed E-state index contributed by atoms with van der Waals surface area (Å²) in [5.74, 6) is 0.429. The Labute approximate surface area is 211 Å². The average Bonchev–Trinajstić information content (AvgIpc) is 3.58. The molecule has 4 aromatic rings. The number of pyridine rings is 1. The molecule has 35 heavy (non-hydrogen) atoms. The van der Waals surface area contributed by atoms with E-state index in [-0.39, 0.29) is 16.7 Å². The summed E-state index contributed by atoms with van der Waals surface area (Å²) < 4.78 is 34.7. The van der Waals surface area contributed by atoms with Gasteiger partial charge in [0.05, 0.1) is 23.9 Å². The Balaban J connectivity index is 1.54. The molecule has 182 valence electrons. The van der Waals surface area contributed by atoms with Crippen LogP contribution in [0.25, 0.3) is 10.2 Å². The van der Waals surface area contributed by atoms with Crippen molar-refractivity contribution in [3.05, 3.63) is 65.8 Å². The Hall–Kier alpha value is -2.86. The number of aromatic nitrogens is 2. The minimum atomic E-state index is -3.78. The van der Waals surface area contributed by atoms with Crippen LogP contribution in [0.4, 0.5) is 5.13 Å². The summed E-state index contributed by atoms with van der Waals surface area (Å²) in [5.41, 5.74) is 1.59. The molecular formula is C24H24N4O4S3. The van der Waals surface area contributed by atoms with Crippen LogP contribution in [0, 0.1) is 0 Å². The van der Waals surface area contributed by atoms with Crippen LogP contribution >= 0.6 is 22.7 Å². The van der Waals surface area contributed by atoms with E-state index in [9.17, 15) is 13.2 Å². The fourth-order valence-electron chi connectivity index (χ4n) is 4.19. The topological polar surface area (TPSA) is 92.7 Å². The summed E-state index contributed by atoms with van der Waals surface area (Å²) in [6.45, 7) is 0.557. The molecule has 1 aromatic carbocycles. The summed E-state index contributed by atoms with van der Waals surface area (Å²) in [4.78, 5) is 24.6. The third-order valence-corrected chi connectivity index (χ3v) is 10.3. The second kappa shape index (κ2) is 10.0. The molecule has 1 unspecified atom stereocenters. The number of benzene rings is 1. The summed E-state index contributed by atoms with van der Waals surface area (Å²) in [6, 6.07) is 11.8. The van der Waals surface area contributed by atoms with Crippen LogP contribution in [0.3, 0.4) is 0 Å². The molecular weight excluding hydrogens is 504 g/mol. The van der Waals surface area contributed by atoms with Crippen LogP contribution in [0.2, 0.25) is 0 Å². The molecule has 0 N–H and O–H groups in total. The van der Waals surface area contributed by atoms with Gasteiger partial charge in [0.1, 0.15) is 16.0 Å². The number of piperidine rings is 1. The van der Waals surface area contributed by atoms with Crippen molar-refractivity contribution in [3.8, 4) is 5.75 Å². The van der Waals surface area contributed by atoms with E-state index in [1.807, 2.05) is 30.3 Å². The van der Waals surface area contributed by atoms with Crippen molar-refractivity contribution in [2.45, 2.75) is 36.1 Å². The maximum Gasteiger partial charge on any atom is 0.253 e. The largest absolute Gasteiger partial charge is 0.497 e. The van der Waals surface area contributed by atoms with Crippen molar-refractivity contribution in [2.24, 2.45) is 0 Å². The van der Waals surface area contributed by atoms with Gasteiger partial charge in [0.2, 0.25) is 5.91 Å². The van der Waals surface area contributed by atoms with Crippen molar-refractivity contribution >= 4 is 54.0 Å². The van der Waals surface area contributed by atoms with Gasteiger partial charge in [-0.15, -0.1) is 11.3 Å². The van der Waals surface area contributed by atoms with Gasteiger partial charge in [-0.05, 0) is 54.1 Å². The van der Waals surface area contributed by atoms with Crippen molar-refractivity contribution in [1.29, 1.82) is 0 Å². The first kappa shape index (κ1) is 23.9. The molecule has 1 aliphatic heterocycles. The van der Waals surface area contributed by atoms with Gasteiger partial charge < -0.3 is 4.74 Å². The minimum Gasteiger partial charge on any atom is -0.497 e. The maximum atomic E-state index is 14.1. The lowest BCUT2D eigenvalue weighted by Gasteiger charge is -2.35. The normalized spacial score (nSPS) is 16.9. The number of amides is 1. The van der Waals surface area contributed by atoms with Gasteiger partial charge in [0, 0.05) is 18.9 Å². The standard InChI is InChI=1S/C24H24N4O4S3/c1-32-18-9-10-19-21(14-18)34-24(26-19)27(16-17-6-4-11-25-15-17)23(29)20-7-2-3-12-28(20)35(30,31)22-8-5-13-33-22/h4-6,8-11,13-15,20H,2-3,7,12,16H2,1H3. The molecule has 1 saturated heterocycles. The Morgan fingerprint density at radius 1 is 1.23 bits per heavy atom. The Bertz CT molecular complexity index is 1420. The molecule has 1 amide bonds. The minimum absolute atomic E-state index is 0.243. The molecule has 1 aliphatic rings. The van der Waals surface area contributed by atoms with E-state index in [0.29, 0.717) is 23.8 Å². The number of ether oxygens (including phenoxy) is 1. The van der Waals surface area contributed by atoms with Crippen LogP contribution < -0.4 is 9.64 Å². The lowest BCUT2D eigenvalue weighted by atomic mass is 10.0. The van der Waals surface area contributed by atoms with E-state index >= 15 is 0 Å². The van der Waals surface area contributed by atoms with Gasteiger partial charge in [0.15, 0.2) is 5.13 Å². The first-order valence-corrected chi connectivity index (χ1v) is 14.3. The fourth-order valence-corrected chi connectivity index (χ4v) is 7.96. The number of nitrogens with zero attached hydrogens (tertiary/aromatic N) is 4. The first-order chi connectivity index (χ1) is 17.0. The Morgan fingerprint density at radius 2 is 2.11 bits per heavy atom. The number of anilines is 1. The number of sulfonamides is 1. The van der Waals surface area contributed by atoms with Crippen molar-refractivity contribution in [1.82, 2.24) is 14.3 Å². The zero-order valence-electron chi connectivity index (χ0n) is 19.0. The Kier molecular flexibility index (Phi) is 6.83. The van der Waals surface area contributed by atoms with E-state index in [4.69, 9.17) is 9.72 Å². The van der Waals surface area contributed by atoms with Crippen LogP contribution in [-0.4, -0.2) is 48.3 Å². The van der Waals surface area contributed by atoms with Crippen molar-refractivity contribution in [3.63, 3.8) is 0 Å².